The number of methoxy groups -OCH3 is 1. The molecule has 2 aromatic heterocycles. The quantitative estimate of drug-likeness (QED) is 0.379. The first kappa shape index (κ1) is 15.2. The molecule has 3 heterocycles. The van der Waals surface area contributed by atoms with Crippen LogP contribution in [0.2, 0.25) is 0 Å². The third-order valence-corrected chi connectivity index (χ3v) is 5.17. The number of esters is 1. The van der Waals surface area contributed by atoms with Gasteiger partial charge in [-0.2, -0.15) is 0 Å². The third-order valence-electron chi connectivity index (χ3n) is 4.75. The van der Waals surface area contributed by atoms with Gasteiger partial charge in [0.05, 0.1) is 18.1 Å². The van der Waals surface area contributed by atoms with Crippen molar-refractivity contribution >= 4 is 40.0 Å². The summed E-state index contributed by atoms with van der Waals surface area (Å²) >= 11 is 5.71. The van der Waals surface area contributed by atoms with Crippen molar-refractivity contribution in [3.63, 3.8) is 0 Å². The van der Waals surface area contributed by atoms with Crippen molar-refractivity contribution in [2.75, 3.05) is 7.11 Å². The van der Waals surface area contributed by atoms with Gasteiger partial charge < -0.3 is 4.74 Å². The second-order valence-corrected chi connectivity index (χ2v) is 6.56. The van der Waals surface area contributed by atoms with Gasteiger partial charge in [0.15, 0.2) is 11.9 Å². The Kier molecular flexibility index (Phi) is 3.17. The van der Waals surface area contributed by atoms with Crippen LogP contribution in [0.15, 0.2) is 54.6 Å². The third kappa shape index (κ3) is 1.96. The lowest BCUT2D eigenvalue weighted by Crippen LogP contribution is -2.20. The van der Waals surface area contributed by atoms with Gasteiger partial charge in [0, 0.05) is 16.3 Å². The average molecular weight is 359 g/mol. The summed E-state index contributed by atoms with van der Waals surface area (Å²) < 4.78 is 7.39. The number of para-hydroxylation sites is 2. The highest BCUT2D eigenvalue weighted by molar-refractivity contribution is 7.71. The number of hydrogen-bond donors (Lipinski definition) is 0. The first-order valence-corrected chi connectivity index (χ1v) is 8.59. The van der Waals surface area contributed by atoms with E-state index < -0.39 is 6.04 Å². The molecule has 2 aromatic carbocycles. The highest BCUT2D eigenvalue weighted by Gasteiger charge is 2.37. The summed E-state index contributed by atoms with van der Waals surface area (Å²) in [5, 5.41) is 1.79. The molecule has 1 aliphatic rings. The summed E-state index contributed by atoms with van der Waals surface area (Å²) in [5.74, 6) is 0.222. The maximum absolute atomic E-state index is 12.6. The van der Waals surface area contributed by atoms with E-state index in [-0.39, 0.29) is 5.97 Å². The number of pyridine rings is 1. The second-order valence-electron chi connectivity index (χ2n) is 6.17. The van der Waals surface area contributed by atoms with Crippen LogP contribution in [0.5, 0.6) is 0 Å². The molecule has 0 saturated carbocycles. The minimum atomic E-state index is -0.674. The van der Waals surface area contributed by atoms with Crippen molar-refractivity contribution in [2.45, 2.75) is 6.04 Å². The molecule has 5 rings (SSSR count). The number of nitrogens with zero attached hydrogens (tertiary/aromatic N) is 3. The molecule has 0 amide bonds. The van der Waals surface area contributed by atoms with Gasteiger partial charge in [-0.25, -0.2) is 14.8 Å². The van der Waals surface area contributed by atoms with Gasteiger partial charge in [-0.3, -0.25) is 4.57 Å². The predicted molar refractivity (Wildman–Crippen MR) is 101 cm³/mol. The maximum Gasteiger partial charge on any atom is 0.333 e. The van der Waals surface area contributed by atoms with Crippen LogP contribution < -0.4 is 0 Å². The molecule has 5 nitrogen and oxygen atoms in total. The molecular weight excluding hydrogens is 346 g/mol. The molecule has 0 bridgehead atoms. The standard InChI is InChI=1S/C20H13N3O2S/c1-25-20(24)17-13-10-11-6-2-4-8-14(11)21-16(13)18-22-15-9-5-3-7-12(15)19(26)23(17)18/h2-10,17H,1H3. The Bertz CT molecular complexity index is 1280. The molecule has 1 unspecified atom stereocenters. The van der Waals surface area contributed by atoms with Crippen molar-refractivity contribution < 1.29 is 9.53 Å². The van der Waals surface area contributed by atoms with Crippen LogP contribution in [0.1, 0.15) is 11.6 Å². The monoisotopic (exact) mass is 359 g/mol. The van der Waals surface area contributed by atoms with Crippen LogP contribution in [-0.4, -0.2) is 27.6 Å². The highest BCUT2D eigenvalue weighted by atomic mass is 32.1. The Morgan fingerprint density at radius 1 is 1.08 bits per heavy atom. The van der Waals surface area contributed by atoms with Crippen LogP contribution in [0.3, 0.4) is 0 Å². The minimum Gasteiger partial charge on any atom is -0.467 e. The highest BCUT2D eigenvalue weighted by Crippen LogP contribution is 2.40. The molecule has 4 aromatic rings. The summed E-state index contributed by atoms with van der Waals surface area (Å²) in [4.78, 5) is 22.2. The van der Waals surface area contributed by atoms with Crippen LogP contribution >= 0.6 is 12.2 Å². The number of ether oxygens (including phenoxy) is 1. The SMILES string of the molecule is COC(=O)C1c2cc3ccccc3nc2-c2nc3ccccc3c(=S)n21. The summed E-state index contributed by atoms with van der Waals surface area (Å²) in [6, 6.07) is 16.8. The molecule has 26 heavy (non-hydrogen) atoms. The fourth-order valence-electron chi connectivity index (χ4n) is 3.56. The smallest absolute Gasteiger partial charge is 0.333 e. The molecule has 6 heteroatoms. The molecule has 0 radical (unpaired) electrons. The fourth-order valence-corrected chi connectivity index (χ4v) is 3.92. The first-order chi connectivity index (χ1) is 12.7. The van der Waals surface area contributed by atoms with E-state index in [2.05, 4.69) is 0 Å². The van der Waals surface area contributed by atoms with E-state index in [1.165, 1.54) is 7.11 Å². The largest absolute Gasteiger partial charge is 0.467 e. The van der Waals surface area contributed by atoms with Crippen LogP contribution in [-0.2, 0) is 9.53 Å². The predicted octanol–water partition coefficient (Wildman–Crippen LogP) is 4.06. The molecule has 1 aliphatic heterocycles. The van der Waals surface area contributed by atoms with Gasteiger partial charge in [-0.05, 0) is 24.3 Å². The van der Waals surface area contributed by atoms with Crippen LogP contribution in [0.25, 0.3) is 33.3 Å². The number of carbonyl (C=O) groups is 1. The Morgan fingerprint density at radius 2 is 1.81 bits per heavy atom. The molecule has 1 atom stereocenters. The van der Waals surface area contributed by atoms with Crippen molar-refractivity contribution in [1.82, 2.24) is 14.5 Å². The van der Waals surface area contributed by atoms with Crippen molar-refractivity contribution in [3.05, 3.63) is 64.8 Å². The molecular formula is C20H13N3O2S. The Hall–Kier alpha value is -3.12. The van der Waals surface area contributed by atoms with E-state index in [1.54, 1.807) is 4.57 Å². The van der Waals surface area contributed by atoms with Gasteiger partial charge in [0.2, 0.25) is 0 Å². The van der Waals surface area contributed by atoms with Gasteiger partial charge >= 0.3 is 5.97 Å². The lowest BCUT2D eigenvalue weighted by atomic mass is 10.1. The van der Waals surface area contributed by atoms with E-state index in [1.807, 2.05) is 54.6 Å². The average Bonchev–Trinajstić information content (AvgIpc) is 2.99. The summed E-state index contributed by atoms with van der Waals surface area (Å²) in [5.41, 5.74) is 3.08. The lowest BCUT2D eigenvalue weighted by molar-refractivity contribution is -0.143. The summed E-state index contributed by atoms with van der Waals surface area (Å²) in [6.45, 7) is 0. The van der Waals surface area contributed by atoms with Crippen LogP contribution in [0, 0.1) is 4.64 Å². The first-order valence-electron chi connectivity index (χ1n) is 8.18. The van der Waals surface area contributed by atoms with E-state index in [0.29, 0.717) is 16.2 Å². The van der Waals surface area contributed by atoms with Crippen molar-refractivity contribution in [2.24, 2.45) is 0 Å². The molecule has 0 fully saturated rings. The minimum absolute atomic E-state index is 0.379. The number of aromatic nitrogens is 3. The van der Waals surface area contributed by atoms with E-state index >= 15 is 0 Å². The number of benzene rings is 2. The number of rotatable bonds is 1. The number of fused-ring (bicyclic) bond motifs is 5. The zero-order valence-electron chi connectivity index (χ0n) is 13.8. The fraction of sp³-hybridized carbons (Fsp3) is 0.100. The van der Waals surface area contributed by atoms with Gasteiger partial charge in [-0.1, -0.05) is 42.5 Å². The van der Waals surface area contributed by atoms with Gasteiger partial charge in [0.1, 0.15) is 10.3 Å². The summed E-state index contributed by atoms with van der Waals surface area (Å²) in [6.07, 6.45) is 0. The van der Waals surface area contributed by atoms with Gasteiger partial charge in [0.25, 0.3) is 0 Å². The van der Waals surface area contributed by atoms with E-state index in [0.717, 1.165) is 27.4 Å². The molecule has 0 saturated heterocycles. The van der Waals surface area contributed by atoms with Gasteiger partial charge in [-0.15, -0.1) is 0 Å². The molecule has 126 valence electrons. The number of carbonyl (C=O) groups excluding carboxylic acids is 1. The molecule has 0 spiro atoms. The Balaban J connectivity index is 1.94. The van der Waals surface area contributed by atoms with Crippen LogP contribution in [0.4, 0.5) is 0 Å². The zero-order chi connectivity index (χ0) is 17.8. The van der Waals surface area contributed by atoms with E-state index in [9.17, 15) is 4.79 Å². The van der Waals surface area contributed by atoms with Crippen molar-refractivity contribution in [1.29, 1.82) is 0 Å². The Morgan fingerprint density at radius 3 is 2.62 bits per heavy atom. The number of hydrogen-bond acceptors (Lipinski definition) is 5. The van der Waals surface area contributed by atoms with Crippen molar-refractivity contribution in [3.8, 4) is 11.5 Å². The lowest BCUT2D eigenvalue weighted by Gasteiger charge is -2.14. The molecule has 0 aliphatic carbocycles. The normalized spacial score (nSPS) is 15.0. The maximum atomic E-state index is 12.6. The Labute approximate surface area is 153 Å². The summed E-state index contributed by atoms with van der Waals surface area (Å²) in [7, 11) is 1.38. The zero-order valence-corrected chi connectivity index (χ0v) is 14.7. The molecule has 0 N–H and O–H groups in total. The second kappa shape index (κ2) is 5.44. The van der Waals surface area contributed by atoms with E-state index in [4.69, 9.17) is 26.9 Å². The topological polar surface area (TPSA) is 57.0 Å².